The lowest BCUT2D eigenvalue weighted by Crippen LogP contribution is -2.45. The zero-order chi connectivity index (χ0) is 22.1. The van der Waals surface area contributed by atoms with Crippen LogP contribution >= 0.6 is 0 Å². The highest BCUT2D eigenvalue weighted by molar-refractivity contribution is 6.05. The predicted octanol–water partition coefficient (Wildman–Crippen LogP) is -0.645. The quantitative estimate of drug-likeness (QED) is 0.623. The molecule has 0 radical (unpaired) electrons. The summed E-state index contributed by atoms with van der Waals surface area (Å²) in [7, 11) is 3.88. The Bertz CT molecular complexity index is 846. The van der Waals surface area contributed by atoms with Gasteiger partial charge in [0.05, 0.1) is 12.4 Å². The van der Waals surface area contributed by atoms with Gasteiger partial charge in [0, 0.05) is 72.2 Å². The van der Waals surface area contributed by atoms with Crippen LogP contribution in [0, 0.1) is 5.92 Å². The van der Waals surface area contributed by atoms with Crippen molar-refractivity contribution in [1.29, 1.82) is 0 Å². The highest BCUT2D eigenvalue weighted by Gasteiger charge is 2.42. The van der Waals surface area contributed by atoms with Crippen LogP contribution < -0.4 is 5.32 Å². The molecular weight excluding hydrogens is 398 g/mol. The van der Waals surface area contributed by atoms with E-state index in [1.807, 2.05) is 4.57 Å². The van der Waals surface area contributed by atoms with Crippen LogP contribution in [0.25, 0.3) is 0 Å². The topological polar surface area (TPSA) is 94.0 Å². The minimum Gasteiger partial charge on any atom is -0.351 e. The molecule has 0 spiro atoms. The Balaban J connectivity index is 1.41. The molecule has 0 saturated carbocycles. The number of rotatable bonds is 5. The van der Waals surface area contributed by atoms with Crippen molar-refractivity contribution in [2.45, 2.75) is 19.4 Å². The minimum atomic E-state index is -0.311. The van der Waals surface area contributed by atoms with Crippen LogP contribution in [0.1, 0.15) is 40.4 Å². The van der Waals surface area contributed by atoms with Crippen molar-refractivity contribution in [2.75, 3.05) is 73.0 Å². The van der Waals surface area contributed by atoms with Crippen LogP contribution in [0.5, 0.6) is 0 Å². The first kappa shape index (κ1) is 21.8. The molecular formula is C21H33N7O3. The van der Waals surface area contributed by atoms with Gasteiger partial charge in [-0.15, -0.1) is 0 Å². The Morgan fingerprint density at radius 1 is 1.13 bits per heavy atom. The fourth-order valence-electron chi connectivity index (χ4n) is 4.87. The number of likely N-dealkylation sites (N-methyl/N-ethyl adjacent to an activating group) is 1. The smallest absolute Gasteiger partial charge is 0.272 e. The zero-order valence-corrected chi connectivity index (χ0v) is 18.7. The lowest BCUT2D eigenvalue weighted by molar-refractivity contribution is -0.128. The second-order valence-electron chi connectivity index (χ2n) is 9.04. The van der Waals surface area contributed by atoms with Gasteiger partial charge >= 0.3 is 0 Å². The molecule has 3 amide bonds. The summed E-state index contributed by atoms with van der Waals surface area (Å²) in [5.41, 5.74) is 0.510. The fourth-order valence-corrected chi connectivity index (χ4v) is 4.87. The van der Waals surface area contributed by atoms with Crippen molar-refractivity contribution in [2.24, 2.45) is 5.92 Å². The van der Waals surface area contributed by atoms with Crippen molar-refractivity contribution in [3.8, 4) is 0 Å². The number of nitrogens with one attached hydrogen (secondary N) is 1. The van der Waals surface area contributed by atoms with E-state index < -0.39 is 0 Å². The maximum atomic E-state index is 13.0. The van der Waals surface area contributed by atoms with E-state index in [1.165, 1.54) is 0 Å². The average Bonchev–Trinajstić information content (AvgIpc) is 3.34. The van der Waals surface area contributed by atoms with Gasteiger partial charge in [-0.3, -0.25) is 14.4 Å². The number of imidazole rings is 1. The molecule has 2 fully saturated rings. The van der Waals surface area contributed by atoms with Crippen molar-refractivity contribution >= 4 is 17.7 Å². The largest absolute Gasteiger partial charge is 0.351 e. The van der Waals surface area contributed by atoms with Gasteiger partial charge in [0.15, 0.2) is 5.69 Å². The van der Waals surface area contributed by atoms with E-state index >= 15 is 0 Å². The van der Waals surface area contributed by atoms with Gasteiger partial charge in [0.25, 0.3) is 11.8 Å². The number of piperazine rings is 1. The second-order valence-corrected chi connectivity index (χ2v) is 9.04. The molecule has 10 heteroatoms. The summed E-state index contributed by atoms with van der Waals surface area (Å²) in [5, 5.41) is 2.94. The Kier molecular flexibility index (Phi) is 6.29. The van der Waals surface area contributed by atoms with Gasteiger partial charge in [-0.25, -0.2) is 4.98 Å². The molecule has 0 unspecified atom stereocenters. The molecule has 4 heterocycles. The Morgan fingerprint density at radius 3 is 2.58 bits per heavy atom. The molecule has 3 aliphatic heterocycles. The molecule has 4 rings (SSSR count). The highest BCUT2D eigenvalue weighted by atomic mass is 16.2. The number of nitrogens with zero attached hydrogens (tertiary/aromatic N) is 6. The number of likely N-dealkylation sites (tertiary alicyclic amines) is 1. The van der Waals surface area contributed by atoms with Crippen molar-refractivity contribution < 1.29 is 14.4 Å². The van der Waals surface area contributed by atoms with Crippen LogP contribution in [0.3, 0.4) is 0 Å². The van der Waals surface area contributed by atoms with E-state index in [0.29, 0.717) is 31.9 Å². The van der Waals surface area contributed by atoms with Crippen LogP contribution in [0.15, 0.2) is 6.33 Å². The predicted molar refractivity (Wildman–Crippen MR) is 115 cm³/mol. The first-order valence-electron chi connectivity index (χ1n) is 11.1. The van der Waals surface area contributed by atoms with E-state index in [-0.39, 0.29) is 35.4 Å². The van der Waals surface area contributed by atoms with Crippen molar-refractivity contribution in [3.05, 3.63) is 17.7 Å². The first-order chi connectivity index (χ1) is 14.8. The molecule has 3 aliphatic rings. The van der Waals surface area contributed by atoms with E-state index in [0.717, 1.165) is 39.1 Å². The van der Waals surface area contributed by atoms with E-state index in [4.69, 9.17) is 0 Å². The third-order valence-corrected chi connectivity index (χ3v) is 6.81. The number of carbonyl (C=O) groups is 3. The summed E-state index contributed by atoms with van der Waals surface area (Å²) >= 11 is 0. The summed E-state index contributed by atoms with van der Waals surface area (Å²) in [6, 6.07) is -0.0425. The second kappa shape index (κ2) is 8.96. The molecule has 1 aromatic rings. The van der Waals surface area contributed by atoms with Crippen LogP contribution in [-0.4, -0.2) is 120 Å². The Hall–Kier alpha value is -2.46. The van der Waals surface area contributed by atoms with Crippen LogP contribution in [0.2, 0.25) is 0 Å². The molecule has 0 aliphatic carbocycles. The van der Waals surface area contributed by atoms with E-state index in [1.54, 1.807) is 30.1 Å². The standard InChI is InChI=1S/C21H33N7O3/c1-15(29)27-12-16-11-25(3)21(31)19-18(23-14-28(19)17(16)13-27)20(30)22-5-4-6-26-9-7-24(2)8-10-26/h14,16-17H,4-13H2,1-3H3,(H,22,30)/t16-,17-/m0/s1. The van der Waals surface area contributed by atoms with Gasteiger partial charge in [-0.2, -0.15) is 0 Å². The first-order valence-corrected chi connectivity index (χ1v) is 11.1. The summed E-state index contributed by atoms with van der Waals surface area (Å²) in [4.78, 5) is 50.3. The van der Waals surface area contributed by atoms with Gasteiger partial charge in [-0.05, 0) is 20.0 Å². The van der Waals surface area contributed by atoms with Gasteiger partial charge in [0.1, 0.15) is 5.69 Å². The summed E-state index contributed by atoms with van der Waals surface area (Å²) in [5.74, 6) is -0.340. The average molecular weight is 432 g/mol. The normalized spacial score (nSPS) is 24.7. The monoisotopic (exact) mass is 431 g/mol. The van der Waals surface area contributed by atoms with Gasteiger partial charge in [0.2, 0.25) is 5.91 Å². The SMILES string of the molecule is CC(=O)N1C[C@@H]2CN(C)C(=O)c3c(C(=O)NCCCN4CCN(C)CC4)ncn3[C@H]2C1. The molecule has 0 bridgehead atoms. The van der Waals surface area contributed by atoms with Gasteiger partial charge in [-0.1, -0.05) is 0 Å². The molecule has 170 valence electrons. The number of hydrogen-bond acceptors (Lipinski definition) is 6. The van der Waals surface area contributed by atoms with Crippen molar-refractivity contribution in [1.82, 2.24) is 34.5 Å². The number of amides is 3. The number of carbonyl (C=O) groups excluding carboxylic acids is 3. The molecule has 10 nitrogen and oxygen atoms in total. The summed E-state index contributed by atoms with van der Waals surface area (Å²) < 4.78 is 1.82. The lowest BCUT2D eigenvalue weighted by Gasteiger charge is -2.32. The molecule has 1 aromatic heterocycles. The number of fused-ring (bicyclic) bond motifs is 3. The minimum absolute atomic E-state index is 0.0297. The zero-order valence-electron chi connectivity index (χ0n) is 18.7. The van der Waals surface area contributed by atoms with Crippen LogP contribution in [-0.2, 0) is 4.79 Å². The Morgan fingerprint density at radius 2 is 1.87 bits per heavy atom. The third kappa shape index (κ3) is 4.45. The maximum Gasteiger partial charge on any atom is 0.272 e. The van der Waals surface area contributed by atoms with E-state index in [9.17, 15) is 14.4 Å². The fraction of sp³-hybridized carbons (Fsp3) is 0.714. The van der Waals surface area contributed by atoms with E-state index in [2.05, 4.69) is 27.1 Å². The third-order valence-electron chi connectivity index (χ3n) is 6.81. The molecule has 31 heavy (non-hydrogen) atoms. The Labute approximate surface area is 183 Å². The molecule has 2 atom stereocenters. The highest BCUT2D eigenvalue weighted by Crippen LogP contribution is 2.33. The lowest BCUT2D eigenvalue weighted by atomic mass is 10.0. The van der Waals surface area contributed by atoms with Crippen LogP contribution in [0.4, 0.5) is 0 Å². The van der Waals surface area contributed by atoms with Crippen molar-refractivity contribution in [3.63, 3.8) is 0 Å². The number of aromatic nitrogens is 2. The summed E-state index contributed by atoms with van der Waals surface area (Å²) in [6.07, 6.45) is 2.45. The molecule has 2 saturated heterocycles. The molecule has 1 N–H and O–H groups in total. The van der Waals surface area contributed by atoms with Gasteiger partial charge < -0.3 is 29.5 Å². The maximum absolute atomic E-state index is 13.0. The molecule has 0 aromatic carbocycles. The summed E-state index contributed by atoms with van der Waals surface area (Å²) in [6.45, 7) is 9.03. The number of hydrogen-bond donors (Lipinski definition) is 1.